The van der Waals surface area contributed by atoms with E-state index in [1.54, 1.807) is 20.8 Å². The summed E-state index contributed by atoms with van der Waals surface area (Å²) >= 11 is 0. The second-order valence-corrected chi connectivity index (χ2v) is 6.58. The van der Waals surface area contributed by atoms with Gasteiger partial charge in [0.25, 0.3) is 0 Å². The molecule has 6 nitrogen and oxygen atoms in total. The minimum atomic E-state index is -0.854. The van der Waals surface area contributed by atoms with Gasteiger partial charge >= 0.3 is 6.09 Å². The second kappa shape index (κ2) is 8.68. The molecule has 0 bridgehead atoms. The summed E-state index contributed by atoms with van der Waals surface area (Å²) in [5.74, 6) is -0.272. The SMILES string of the molecule is CCN(CCO)C(=O)[C@@H](NC(=O)OC(C)(C)C)c1ccccc1C. The van der Waals surface area contributed by atoms with Gasteiger partial charge in [0.2, 0.25) is 5.91 Å². The Morgan fingerprint density at radius 2 is 1.92 bits per heavy atom. The Bertz CT molecular complexity index is 566. The van der Waals surface area contributed by atoms with Crippen molar-refractivity contribution >= 4 is 12.0 Å². The molecule has 1 atom stereocenters. The Hall–Kier alpha value is -2.08. The number of nitrogens with one attached hydrogen (secondary N) is 1. The molecular formula is C18H28N2O4. The molecule has 0 aliphatic heterocycles. The third kappa shape index (κ3) is 5.85. The summed E-state index contributed by atoms with van der Waals surface area (Å²) in [6.45, 7) is 9.53. The molecule has 0 aliphatic rings. The Balaban J connectivity index is 3.10. The zero-order chi connectivity index (χ0) is 18.3. The van der Waals surface area contributed by atoms with E-state index < -0.39 is 17.7 Å². The molecule has 0 fully saturated rings. The van der Waals surface area contributed by atoms with E-state index in [1.807, 2.05) is 38.1 Å². The van der Waals surface area contributed by atoms with Crippen LogP contribution in [0.25, 0.3) is 0 Å². The Labute approximate surface area is 143 Å². The van der Waals surface area contributed by atoms with Gasteiger partial charge in [-0.15, -0.1) is 0 Å². The average Bonchev–Trinajstić information content (AvgIpc) is 2.48. The maximum Gasteiger partial charge on any atom is 0.408 e. The van der Waals surface area contributed by atoms with E-state index in [0.717, 1.165) is 5.56 Å². The van der Waals surface area contributed by atoms with Crippen LogP contribution in [0.3, 0.4) is 0 Å². The number of carbonyl (C=O) groups excluding carboxylic acids is 2. The highest BCUT2D eigenvalue weighted by molar-refractivity contribution is 5.87. The molecule has 134 valence electrons. The predicted molar refractivity (Wildman–Crippen MR) is 92.6 cm³/mol. The quantitative estimate of drug-likeness (QED) is 0.836. The maximum absolute atomic E-state index is 12.9. The number of rotatable bonds is 6. The van der Waals surface area contributed by atoms with Gasteiger partial charge in [-0.05, 0) is 45.7 Å². The molecule has 0 aliphatic carbocycles. The second-order valence-electron chi connectivity index (χ2n) is 6.58. The average molecular weight is 336 g/mol. The minimum absolute atomic E-state index is 0.132. The van der Waals surface area contributed by atoms with Gasteiger partial charge in [0.15, 0.2) is 0 Å². The lowest BCUT2D eigenvalue weighted by Crippen LogP contribution is -2.45. The molecule has 1 aromatic carbocycles. The summed E-state index contributed by atoms with van der Waals surface area (Å²) in [5, 5.41) is 11.8. The standard InChI is InChI=1S/C18H28N2O4/c1-6-20(11-12-21)16(22)15(14-10-8-7-9-13(14)2)19-17(23)24-18(3,4)5/h7-10,15,21H,6,11-12H2,1-5H3,(H,19,23)/t15-/m0/s1. The first-order chi connectivity index (χ1) is 11.2. The lowest BCUT2D eigenvalue weighted by Gasteiger charge is -2.28. The third-order valence-electron chi connectivity index (χ3n) is 3.47. The van der Waals surface area contributed by atoms with Crippen molar-refractivity contribution in [2.75, 3.05) is 19.7 Å². The molecule has 2 amide bonds. The maximum atomic E-state index is 12.9. The molecule has 6 heteroatoms. The first kappa shape index (κ1) is 20.0. The van der Waals surface area contributed by atoms with Crippen molar-refractivity contribution in [3.63, 3.8) is 0 Å². The van der Waals surface area contributed by atoms with E-state index in [9.17, 15) is 9.59 Å². The van der Waals surface area contributed by atoms with Crippen LogP contribution in [0.15, 0.2) is 24.3 Å². The number of hydrogen-bond acceptors (Lipinski definition) is 4. The third-order valence-corrected chi connectivity index (χ3v) is 3.47. The minimum Gasteiger partial charge on any atom is -0.444 e. The number of likely N-dealkylation sites (N-methyl/N-ethyl adjacent to an activating group) is 1. The molecule has 1 aromatic rings. The Kier molecular flexibility index (Phi) is 7.22. The Morgan fingerprint density at radius 3 is 2.42 bits per heavy atom. The van der Waals surface area contributed by atoms with Gasteiger partial charge in [0.1, 0.15) is 11.6 Å². The van der Waals surface area contributed by atoms with Crippen molar-refractivity contribution in [1.82, 2.24) is 10.2 Å². The summed E-state index contributed by atoms with van der Waals surface area (Å²) in [5.41, 5.74) is 0.954. The summed E-state index contributed by atoms with van der Waals surface area (Å²) in [7, 11) is 0. The van der Waals surface area contributed by atoms with Gasteiger partial charge in [0.05, 0.1) is 6.61 Å². The fraction of sp³-hybridized carbons (Fsp3) is 0.556. The molecule has 0 radical (unpaired) electrons. The van der Waals surface area contributed by atoms with Crippen molar-refractivity contribution < 1.29 is 19.4 Å². The van der Waals surface area contributed by atoms with E-state index >= 15 is 0 Å². The van der Waals surface area contributed by atoms with E-state index in [1.165, 1.54) is 4.90 Å². The number of amides is 2. The van der Waals surface area contributed by atoms with Gasteiger partial charge in [-0.2, -0.15) is 0 Å². The number of aliphatic hydroxyl groups is 1. The number of benzene rings is 1. The number of alkyl carbamates (subject to hydrolysis) is 1. The predicted octanol–water partition coefficient (Wildman–Crippen LogP) is 2.40. The zero-order valence-electron chi connectivity index (χ0n) is 15.1. The molecule has 0 spiro atoms. The van der Waals surface area contributed by atoms with Gasteiger partial charge in [0, 0.05) is 13.1 Å². The smallest absolute Gasteiger partial charge is 0.408 e. The highest BCUT2D eigenvalue weighted by Crippen LogP contribution is 2.21. The highest BCUT2D eigenvalue weighted by Gasteiger charge is 2.29. The normalized spacial score (nSPS) is 12.4. The number of aliphatic hydroxyl groups excluding tert-OH is 1. The van der Waals surface area contributed by atoms with E-state index in [-0.39, 0.29) is 19.1 Å². The molecule has 0 saturated heterocycles. The summed E-state index contributed by atoms with van der Waals surface area (Å²) < 4.78 is 5.28. The fourth-order valence-corrected chi connectivity index (χ4v) is 2.34. The summed E-state index contributed by atoms with van der Waals surface area (Å²) in [6.07, 6.45) is -0.649. The lowest BCUT2D eigenvalue weighted by molar-refractivity contribution is -0.134. The first-order valence-electron chi connectivity index (χ1n) is 8.14. The largest absolute Gasteiger partial charge is 0.444 e. The molecule has 0 saturated carbocycles. The van der Waals surface area contributed by atoms with Gasteiger partial charge in [-0.25, -0.2) is 4.79 Å². The molecule has 0 aromatic heterocycles. The molecule has 0 unspecified atom stereocenters. The van der Waals surface area contributed by atoms with Crippen molar-refractivity contribution in [3.05, 3.63) is 35.4 Å². The molecule has 2 N–H and O–H groups in total. The van der Waals surface area contributed by atoms with Crippen molar-refractivity contribution in [2.45, 2.75) is 46.3 Å². The van der Waals surface area contributed by atoms with Crippen molar-refractivity contribution in [3.8, 4) is 0 Å². The molecular weight excluding hydrogens is 308 g/mol. The van der Waals surface area contributed by atoms with Gasteiger partial charge in [-0.1, -0.05) is 24.3 Å². The van der Waals surface area contributed by atoms with Crippen LogP contribution in [0.2, 0.25) is 0 Å². The van der Waals surface area contributed by atoms with Crippen LogP contribution in [-0.4, -0.2) is 47.3 Å². The number of hydrogen-bond donors (Lipinski definition) is 2. The lowest BCUT2D eigenvalue weighted by atomic mass is 10.00. The summed E-state index contributed by atoms with van der Waals surface area (Å²) in [6, 6.07) is 6.53. The first-order valence-corrected chi connectivity index (χ1v) is 8.14. The van der Waals surface area contributed by atoms with Crippen LogP contribution in [0.5, 0.6) is 0 Å². The Morgan fingerprint density at radius 1 is 1.29 bits per heavy atom. The van der Waals surface area contributed by atoms with Crippen LogP contribution in [0.4, 0.5) is 4.79 Å². The molecule has 0 heterocycles. The van der Waals surface area contributed by atoms with Crippen LogP contribution in [-0.2, 0) is 9.53 Å². The number of ether oxygens (including phenoxy) is 1. The van der Waals surface area contributed by atoms with E-state index in [2.05, 4.69) is 5.32 Å². The number of aryl methyl sites for hydroxylation is 1. The topological polar surface area (TPSA) is 78.9 Å². The number of carbonyl (C=O) groups is 2. The van der Waals surface area contributed by atoms with Crippen LogP contribution >= 0.6 is 0 Å². The van der Waals surface area contributed by atoms with Crippen LogP contribution < -0.4 is 5.32 Å². The number of nitrogens with zero attached hydrogens (tertiary/aromatic N) is 1. The van der Waals surface area contributed by atoms with Gasteiger partial charge < -0.3 is 20.1 Å². The van der Waals surface area contributed by atoms with Crippen molar-refractivity contribution in [1.29, 1.82) is 0 Å². The highest BCUT2D eigenvalue weighted by atomic mass is 16.6. The monoisotopic (exact) mass is 336 g/mol. The molecule has 24 heavy (non-hydrogen) atoms. The van der Waals surface area contributed by atoms with E-state index in [4.69, 9.17) is 9.84 Å². The fourth-order valence-electron chi connectivity index (χ4n) is 2.34. The van der Waals surface area contributed by atoms with E-state index in [0.29, 0.717) is 12.1 Å². The van der Waals surface area contributed by atoms with Crippen molar-refractivity contribution in [2.24, 2.45) is 0 Å². The zero-order valence-corrected chi connectivity index (χ0v) is 15.1. The van der Waals surface area contributed by atoms with Gasteiger partial charge in [-0.3, -0.25) is 4.79 Å². The van der Waals surface area contributed by atoms with Crippen LogP contribution in [0.1, 0.15) is 44.9 Å². The molecule has 1 rings (SSSR count). The summed E-state index contributed by atoms with van der Waals surface area (Å²) in [4.78, 5) is 26.5. The van der Waals surface area contributed by atoms with Crippen LogP contribution in [0, 0.1) is 6.92 Å².